The lowest BCUT2D eigenvalue weighted by atomic mass is 9.82. The third kappa shape index (κ3) is 2.63. The summed E-state index contributed by atoms with van der Waals surface area (Å²) in [7, 11) is 1.69. The number of nitrogens with one attached hydrogen (secondary N) is 2. The van der Waals surface area contributed by atoms with Gasteiger partial charge in [-0.2, -0.15) is 0 Å². The van der Waals surface area contributed by atoms with Crippen LogP contribution in [-0.4, -0.2) is 39.8 Å². The second kappa shape index (κ2) is 6.94. The van der Waals surface area contributed by atoms with Crippen LogP contribution in [0.25, 0.3) is 0 Å². The van der Waals surface area contributed by atoms with Gasteiger partial charge in [0.2, 0.25) is 11.3 Å². The number of benzene rings is 2. The minimum Gasteiger partial charge on any atom is -0.454 e. The predicted octanol–water partition coefficient (Wildman–Crippen LogP) is 1.57. The number of Topliss-reactive ketones (excluding diaryl/α,β-unsaturated/α-hetero) is 1. The number of rotatable bonds is 3. The van der Waals surface area contributed by atoms with Crippen molar-refractivity contribution in [1.29, 1.82) is 0 Å². The van der Waals surface area contributed by atoms with E-state index in [1.807, 2.05) is 19.9 Å². The first-order valence-electron chi connectivity index (χ1n) is 11.3. The molecule has 1 aliphatic carbocycles. The molecule has 4 aliphatic rings. The van der Waals surface area contributed by atoms with Crippen molar-refractivity contribution >= 4 is 23.2 Å². The summed E-state index contributed by atoms with van der Waals surface area (Å²) in [5.41, 5.74) is 9.24. The zero-order chi connectivity index (χ0) is 24.7. The van der Waals surface area contributed by atoms with E-state index in [-0.39, 0.29) is 28.4 Å². The zero-order valence-corrected chi connectivity index (χ0v) is 19.4. The third-order valence-corrected chi connectivity index (χ3v) is 6.87. The topological polar surface area (TPSA) is 133 Å². The summed E-state index contributed by atoms with van der Waals surface area (Å²) >= 11 is 0. The third-order valence-electron chi connectivity index (χ3n) is 6.87. The zero-order valence-electron chi connectivity index (χ0n) is 19.4. The second-order valence-corrected chi connectivity index (χ2v) is 9.29. The molecular weight excluding hydrogens is 448 g/mol. The second-order valence-electron chi connectivity index (χ2n) is 9.29. The Bertz CT molecular complexity index is 1410. The Balaban J connectivity index is 1.51. The highest BCUT2D eigenvalue weighted by Gasteiger charge is 2.72. The number of ketones is 1. The van der Waals surface area contributed by atoms with Crippen molar-refractivity contribution in [3.05, 3.63) is 82.6 Å². The molecule has 2 unspecified atom stereocenters. The summed E-state index contributed by atoms with van der Waals surface area (Å²) in [5.74, 6) is -2.29. The van der Waals surface area contributed by atoms with Crippen molar-refractivity contribution in [1.82, 2.24) is 21.0 Å². The highest BCUT2D eigenvalue weighted by Crippen LogP contribution is 2.59. The first-order chi connectivity index (χ1) is 16.7. The number of ether oxygens (including phenoxy) is 1. The molecule has 0 saturated carbocycles. The van der Waals surface area contributed by atoms with Crippen LogP contribution in [0.4, 0.5) is 5.69 Å². The molecule has 0 fully saturated rings. The van der Waals surface area contributed by atoms with Gasteiger partial charge in [-0.1, -0.05) is 44.2 Å². The quantitative estimate of drug-likeness (QED) is 0.495. The number of hydrogen-bond donors (Lipinski definition) is 4. The van der Waals surface area contributed by atoms with E-state index in [1.165, 1.54) is 10.1 Å². The van der Waals surface area contributed by atoms with Crippen LogP contribution in [-0.2, 0) is 16.1 Å². The summed E-state index contributed by atoms with van der Waals surface area (Å²) in [6.45, 7) is 4.07. The van der Waals surface area contributed by atoms with E-state index in [0.717, 1.165) is 5.56 Å². The highest BCUT2D eigenvalue weighted by atomic mass is 16.6. The van der Waals surface area contributed by atoms with Gasteiger partial charge in [-0.3, -0.25) is 9.59 Å². The molecule has 2 aromatic carbocycles. The Morgan fingerprint density at radius 3 is 2.83 bits per heavy atom. The predicted molar refractivity (Wildman–Crippen MR) is 127 cm³/mol. The lowest BCUT2D eigenvalue weighted by molar-refractivity contribution is -0.174. The SMILES string of the molecule is CC(C)c1ccc2c(c1)OC1(O)c3cccc(N)c3C(=O)C21NC(=O)C1=CC=CC2=NN(C)NN12. The highest BCUT2D eigenvalue weighted by molar-refractivity contribution is 6.16. The number of nitrogens with zero attached hydrogens (tertiary/aromatic N) is 3. The van der Waals surface area contributed by atoms with Crippen LogP contribution in [0, 0.1) is 0 Å². The largest absolute Gasteiger partial charge is 0.454 e. The van der Waals surface area contributed by atoms with Crippen LogP contribution in [0.2, 0.25) is 0 Å². The Hall–Kier alpha value is -4.15. The summed E-state index contributed by atoms with van der Waals surface area (Å²) in [4.78, 5) is 27.8. The van der Waals surface area contributed by atoms with Crippen molar-refractivity contribution in [2.45, 2.75) is 31.1 Å². The minimum atomic E-state index is -2.18. The van der Waals surface area contributed by atoms with Crippen molar-refractivity contribution in [2.75, 3.05) is 12.8 Å². The fraction of sp³-hybridized carbons (Fsp3) is 0.240. The number of anilines is 1. The smallest absolute Gasteiger partial charge is 0.271 e. The summed E-state index contributed by atoms with van der Waals surface area (Å²) in [6.07, 6.45) is 5.02. The maximum atomic E-state index is 14.1. The molecule has 3 heterocycles. The summed E-state index contributed by atoms with van der Waals surface area (Å²) in [6, 6.07) is 10.2. The number of nitrogens with two attached hydrogens (primary N) is 1. The fourth-order valence-corrected chi connectivity index (χ4v) is 5.16. The molecule has 0 aromatic heterocycles. The Morgan fingerprint density at radius 1 is 1.26 bits per heavy atom. The lowest BCUT2D eigenvalue weighted by Crippen LogP contribution is -2.61. The molecule has 5 N–H and O–H groups in total. The number of allylic oxidation sites excluding steroid dienone is 2. The molecule has 0 bridgehead atoms. The Kier molecular flexibility index (Phi) is 4.24. The van der Waals surface area contributed by atoms with E-state index in [4.69, 9.17) is 10.5 Å². The first-order valence-corrected chi connectivity index (χ1v) is 11.3. The maximum Gasteiger partial charge on any atom is 0.271 e. The number of carbonyl (C=O) groups excluding carboxylic acids is 2. The molecule has 10 nitrogen and oxygen atoms in total. The first kappa shape index (κ1) is 21.4. The van der Waals surface area contributed by atoms with Crippen LogP contribution in [0.5, 0.6) is 5.75 Å². The van der Waals surface area contributed by atoms with Crippen molar-refractivity contribution in [3.8, 4) is 5.75 Å². The number of nitrogen functional groups attached to an aromatic ring is 1. The molecule has 1 amide bonds. The van der Waals surface area contributed by atoms with Gasteiger partial charge < -0.3 is 20.9 Å². The number of hydrogen-bond acceptors (Lipinski definition) is 9. The maximum absolute atomic E-state index is 14.1. The van der Waals surface area contributed by atoms with E-state index >= 15 is 0 Å². The van der Waals surface area contributed by atoms with Crippen LogP contribution >= 0.6 is 0 Å². The average Bonchev–Trinajstić information content (AvgIpc) is 3.38. The average molecular weight is 473 g/mol. The van der Waals surface area contributed by atoms with Crippen LogP contribution in [0.3, 0.4) is 0 Å². The summed E-state index contributed by atoms with van der Waals surface area (Å²) < 4.78 is 6.13. The minimum absolute atomic E-state index is 0.132. The molecular formula is C25H24N6O4. The number of amidine groups is 1. The van der Waals surface area contributed by atoms with Gasteiger partial charge in [0.25, 0.3) is 11.7 Å². The van der Waals surface area contributed by atoms with Crippen molar-refractivity contribution in [3.63, 3.8) is 0 Å². The van der Waals surface area contributed by atoms with E-state index in [0.29, 0.717) is 17.1 Å². The van der Waals surface area contributed by atoms with Gasteiger partial charge >= 0.3 is 0 Å². The molecule has 0 radical (unpaired) electrons. The molecule has 3 aliphatic heterocycles. The van der Waals surface area contributed by atoms with E-state index in [1.54, 1.807) is 55.6 Å². The standard InChI is InChI=1S/C25H24N6O4/c1-13(2)14-10-11-15-19(12-14)35-25(34)16-6-4-7-17(26)21(16)22(32)24(15,25)27-23(33)18-8-5-9-20-28-30(3)29-31(18)20/h4-13,29,34H,26H2,1-3H3,(H,27,33). The van der Waals surface area contributed by atoms with Gasteiger partial charge in [-0.05, 0) is 35.8 Å². The fourth-order valence-electron chi connectivity index (χ4n) is 5.16. The number of amides is 1. The molecule has 35 heavy (non-hydrogen) atoms. The Morgan fingerprint density at radius 2 is 2.06 bits per heavy atom. The van der Waals surface area contributed by atoms with Gasteiger partial charge in [-0.15, -0.1) is 10.6 Å². The van der Waals surface area contributed by atoms with Gasteiger partial charge in [0.1, 0.15) is 11.4 Å². The molecule has 2 aromatic rings. The van der Waals surface area contributed by atoms with Crippen LogP contribution in [0.15, 0.2) is 65.4 Å². The molecule has 2 atom stereocenters. The number of hydrazone groups is 1. The molecule has 6 rings (SSSR count). The van der Waals surface area contributed by atoms with Gasteiger partial charge in [0.05, 0.1) is 5.56 Å². The summed E-state index contributed by atoms with van der Waals surface area (Å²) in [5, 5.41) is 22.1. The molecule has 0 saturated heterocycles. The van der Waals surface area contributed by atoms with Gasteiger partial charge in [-0.25, -0.2) is 10.1 Å². The Labute approximate surface area is 201 Å². The van der Waals surface area contributed by atoms with E-state index < -0.39 is 23.0 Å². The number of carbonyl (C=O) groups is 2. The molecule has 10 heteroatoms. The van der Waals surface area contributed by atoms with Gasteiger partial charge in [0, 0.05) is 23.9 Å². The number of fused-ring (bicyclic) bond motifs is 6. The number of aliphatic hydroxyl groups is 1. The lowest BCUT2D eigenvalue weighted by Gasteiger charge is -2.35. The van der Waals surface area contributed by atoms with Crippen molar-refractivity contribution in [2.24, 2.45) is 5.10 Å². The monoisotopic (exact) mass is 472 g/mol. The van der Waals surface area contributed by atoms with Crippen LogP contribution in [0.1, 0.15) is 46.8 Å². The molecule has 178 valence electrons. The van der Waals surface area contributed by atoms with Gasteiger partial charge in [0.15, 0.2) is 5.84 Å². The van der Waals surface area contributed by atoms with E-state index in [2.05, 4.69) is 16.0 Å². The number of hydrazine groups is 2. The van der Waals surface area contributed by atoms with E-state index in [9.17, 15) is 14.7 Å². The van der Waals surface area contributed by atoms with Crippen LogP contribution < -0.4 is 21.3 Å². The normalized spacial score (nSPS) is 25.6. The molecule has 0 spiro atoms. The van der Waals surface area contributed by atoms with Crippen molar-refractivity contribution < 1.29 is 19.4 Å².